The molecule has 6 atom stereocenters. The summed E-state index contributed by atoms with van der Waals surface area (Å²) in [5, 5.41) is 10.6. The first-order chi connectivity index (χ1) is 25.1. The minimum absolute atomic E-state index is 0.0344. The van der Waals surface area contributed by atoms with Crippen molar-refractivity contribution in [2.75, 3.05) is 18.6 Å². The normalized spacial score (nSPS) is 23.1. The summed E-state index contributed by atoms with van der Waals surface area (Å²) in [4.78, 5) is 40.3. The van der Waals surface area contributed by atoms with Gasteiger partial charge >= 0.3 is 12.2 Å². The number of thioether (sulfide) groups is 1. The summed E-state index contributed by atoms with van der Waals surface area (Å²) in [5.41, 5.74) is -0.849. The maximum absolute atomic E-state index is 13.3. The van der Waals surface area contributed by atoms with E-state index in [9.17, 15) is 9.59 Å². The van der Waals surface area contributed by atoms with Crippen LogP contribution in [-0.4, -0.2) is 85.8 Å². The largest absolute Gasteiger partial charge is 0.443 e. The van der Waals surface area contributed by atoms with Gasteiger partial charge in [0, 0.05) is 22.9 Å². The molecule has 53 heavy (non-hydrogen) atoms. The summed E-state index contributed by atoms with van der Waals surface area (Å²) in [7, 11) is 1.57. The van der Waals surface area contributed by atoms with E-state index in [0.29, 0.717) is 20.8 Å². The molecular formula is C35H38BrN7O8S2. The fourth-order valence-corrected chi connectivity index (χ4v) is 8.10. The van der Waals surface area contributed by atoms with Crippen molar-refractivity contribution in [1.29, 1.82) is 0 Å². The van der Waals surface area contributed by atoms with E-state index in [1.807, 2.05) is 36.4 Å². The van der Waals surface area contributed by atoms with Gasteiger partial charge in [0.15, 0.2) is 6.29 Å². The lowest BCUT2D eigenvalue weighted by Gasteiger charge is -2.48. The number of fused-ring (bicyclic) bond motifs is 1. The van der Waals surface area contributed by atoms with E-state index in [4.69, 9.17) is 35.0 Å². The van der Waals surface area contributed by atoms with Gasteiger partial charge in [0.05, 0.1) is 17.3 Å². The Kier molecular flexibility index (Phi) is 11.5. The van der Waals surface area contributed by atoms with E-state index in [2.05, 4.69) is 41.1 Å². The highest BCUT2D eigenvalue weighted by molar-refractivity contribution is 9.10. The summed E-state index contributed by atoms with van der Waals surface area (Å²) in [6.07, 6.45) is -1.08. The van der Waals surface area contributed by atoms with Crippen molar-refractivity contribution in [3.8, 4) is 11.4 Å². The maximum Gasteiger partial charge on any atom is 0.426 e. The third-order valence-electron chi connectivity index (χ3n) is 7.72. The fraction of sp³-hybridized carbons (Fsp3) is 0.457. The third kappa shape index (κ3) is 9.06. The van der Waals surface area contributed by atoms with Crippen LogP contribution in [0, 0.1) is 6.57 Å². The average Bonchev–Trinajstić information content (AvgIpc) is 3.77. The molecule has 6 rings (SSSR count). The van der Waals surface area contributed by atoms with E-state index in [-0.39, 0.29) is 17.6 Å². The Labute approximate surface area is 323 Å². The molecule has 15 nitrogen and oxygen atoms in total. The Morgan fingerprint density at radius 1 is 1.08 bits per heavy atom. The van der Waals surface area contributed by atoms with Crippen molar-refractivity contribution in [2.45, 2.75) is 93.7 Å². The molecule has 0 N–H and O–H groups in total. The molecule has 3 aromatic heterocycles. The molecule has 3 unspecified atom stereocenters. The van der Waals surface area contributed by atoms with Crippen LogP contribution in [0.25, 0.3) is 16.2 Å². The molecule has 0 radical (unpaired) electrons. The Bertz CT molecular complexity index is 1950. The van der Waals surface area contributed by atoms with Crippen LogP contribution in [0.15, 0.2) is 63.5 Å². The molecule has 4 aromatic rings. The quantitative estimate of drug-likeness (QED) is 0.166. The van der Waals surface area contributed by atoms with Crippen molar-refractivity contribution in [2.24, 2.45) is 0 Å². The Hall–Kier alpha value is -3.96. The minimum Gasteiger partial charge on any atom is -0.443 e. The van der Waals surface area contributed by atoms with Crippen molar-refractivity contribution in [1.82, 2.24) is 25.0 Å². The van der Waals surface area contributed by atoms with Crippen LogP contribution in [0.3, 0.4) is 0 Å². The molecular weight excluding hydrogens is 790 g/mol. The number of nitrogens with zero attached hydrogens (tertiary/aromatic N) is 7. The Morgan fingerprint density at radius 3 is 2.42 bits per heavy atom. The molecule has 0 aliphatic carbocycles. The molecule has 2 fully saturated rings. The molecule has 0 spiro atoms. The molecule has 2 aliphatic rings. The van der Waals surface area contributed by atoms with Crippen molar-refractivity contribution < 1.29 is 38.0 Å². The first kappa shape index (κ1) is 38.8. The fourth-order valence-electron chi connectivity index (χ4n) is 5.57. The van der Waals surface area contributed by atoms with Gasteiger partial charge in [-0.25, -0.2) is 19.3 Å². The number of rotatable bonds is 7. The molecule has 2 amide bonds. The monoisotopic (exact) mass is 827 g/mol. The SMILES string of the molecule is [C-]#[N+]c1ncc(Br)cc1S[C@H]1OC2COC(c3ccccc3)O[C@@H]2[C@H](n2cc(-c3csc(N(C(=O)OC(C)(C)C)C(=O)OC(C)(C)C)n3)nn2)C1OC. The van der Waals surface area contributed by atoms with Gasteiger partial charge in [0.1, 0.15) is 58.6 Å². The summed E-state index contributed by atoms with van der Waals surface area (Å²) in [6, 6.07) is 10.8. The van der Waals surface area contributed by atoms with E-state index in [1.165, 1.54) is 11.8 Å². The smallest absolute Gasteiger partial charge is 0.426 e. The van der Waals surface area contributed by atoms with Crippen LogP contribution in [0.4, 0.5) is 20.5 Å². The second-order valence-corrected chi connectivity index (χ2v) is 16.9. The number of methoxy groups -OCH3 is 1. The van der Waals surface area contributed by atoms with Gasteiger partial charge in [-0.2, -0.15) is 4.90 Å². The van der Waals surface area contributed by atoms with Crippen LogP contribution in [-0.2, 0) is 28.4 Å². The molecule has 2 saturated heterocycles. The number of halogens is 1. The lowest BCUT2D eigenvalue weighted by Crippen LogP contribution is -2.59. The van der Waals surface area contributed by atoms with Crippen LogP contribution < -0.4 is 4.90 Å². The van der Waals surface area contributed by atoms with Crippen molar-refractivity contribution >= 4 is 62.2 Å². The highest BCUT2D eigenvalue weighted by Crippen LogP contribution is 2.46. The van der Waals surface area contributed by atoms with Gasteiger partial charge < -0.3 is 33.3 Å². The number of thiazole rings is 1. The van der Waals surface area contributed by atoms with Gasteiger partial charge in [0.2, 0.25) is 5.13 Å². The number of amides is 2. The van der Waals surface area contributed by atoms with Gasteiger partial charge in [-0.3, -0.25) is 0 Å². The summed E-state index contributed by atoms with van der Waals surface area (Å²) < 4.78 is 38.9. The Balaban J connectivity index is 1.34. The van der Waals surface area contributed by atoms with Crippen molar-refractivity contribution in [3.63, 3.8) is 0 Å². The number of carbonyl (C=O) groups excluding carboxylic acids is 2. The molecule has 280 valence electrons. The van der Waals surface area contributed by atoms with E-state index in [1.54, 1.807) is 71.1 Å². The average molecular weight is 829 g/mol. The van der Waals surface area contributed by atoms with Crippen LogP contribution >= 0.6 is 39.0 Å². The van der Waals surface area contributed by atoms with Crippen LogP contribution in [0.5, 0.6) is 0 Å². The number of carbonyl (C=O) groups is 2. The van der Waals surface area contributed by atoms with Gasteiger partial charge in [-0.1, -0.05) is 42.1 Å². The summed E-state index contributed by atoms with van der Waals surface area (Å²) in [5.74, 6) is 0.227. The predicted molar refractivity (Wildman–Crippen MR) is 199 cm³/mol. The number of hydrogen-bond acceptors (Lipinski definition) is 14. The molecule has 0 bridgehead atoms. The molecule has 18 heteroatoms. The second-order valence-electron chi connectivity index (χ2n) is 14.0. The Morgan fingerprint density at radius 2 is 1.77 bits per heavy atom. The number of ether oxygens (including phenoxy) is 6. The molecule has 0 saturated carbocycles. The van der Waals surface area contributed by atoms with Gasteiger partial charge in [-0.05, 0) is 63.5 Å². The zero-order valence-corrected chi connectivity index (χ0v) is 33.2. The van der Waals surface area contributed by atoms with E-state index in [0.717, 1.165) is 21.8 Å². The van der Waals surface area contributed by atoms with E-state index >= 15 is 0 Å². The number of pyridine rings is 1. The third-order valence-corrected chi connectivity index (χ3v) is 10.1. The lowest BCUT2D eigenvalue weighted by atomic mass is 9.95. The first-order valence-corrected chi connectivity index (χ1v) is 19.0. The first-order valence-electron chi connectivity index (χ1n) is 16.5. The highest BCUT2D eigenvalue weighted by Gasteiger charge is 2.52. The van der Waals surface area contributed by atoms with Crippen LogP contribution in [0.1, 0.15) is 59.4 Å². The van der Waals surface area contributed by atoms with Crippen LogP contribution in [0.2, 0.25) is 0 Å². The molecule has 5 heterocycles. The lowest BCUT2D eigenvalue weighted by molar-refractivity contribution is -0.308. The number of imide groups is 1. The van der Waals surface area contributed by atoms with E-state index < -0.39 is 59.5 Å². The number of aromatic nitrogens is 5. The highest BCUT2D eigenvalue weighted by atomic mass is 79.9. The number of benzene rings is 1. The number of anilines is 1. The topological polar surface area (TPSA) is 154 Å². The maximum atomic E-state index is 13.3. The van der Waals surface area contributed by atoms with Crippen molar-refractivity contribution in [3.05, 3.63) is 75.6 Å². The second kappa shape index (κ2) is 15.8. The van der Waals surface area contributed by atoms with Gasteiger partial charge in [0.25, 0.3) is 5.82 Å². The minimum atomic E-state index is -0.928. The zero-order chi connectivity index (χ0) is 38.1. The molecule has 1 aromatic carbocycles. The predicted octanol–water partition coefficient (Wildman–Crippen LogP) is 7.97. The number of hydrogen-bond donors (Lipinski definition) is 0. The molecule has 2 aliphatic heterocycles. The summed E-state index contributed by atoms with van der Waals surface area (Å²) in [6.45, 7) is 18.1. The summed E-state index contributed by atoms with van der Waals surface area (Å²) >= 11 is 5.81. The zero-order valence-electron chi connectivity index (χ0n) is 30.0. The standard InChI is InChI=1S/C35H38BrN7O8S2/c1-34(2,3)50-32(44)43(33(45)51-35(4,5)6)31-39-22(18-52-31)21-16-42(41-40-21)25-26-23(17-47-29(49-26)19-12-10-9-11-13-19)48-30(27(25)46-8)53-24-14-20(36)15-38-28(24)37-7/h9-16,18,23,25-27,29-30H,17H2,1-6,8H3/t23?,25-,26-,27?,29?,30+/m0/s1. The van der Waals surface area contributed by atoms with Gasteiger partial charge in [-0.15, -0.1) is 33.2 Å².